The second-order valence-electron chi connectivity index (χ2n) is 4.81. The van der Waals surface area contributed by atoms with E-state index < -0.39 is 0 Å². The third-order valence-electron chi connectivity index (χ3n) is 3.72. The quantitative estimate of drug-likeness (QED) is 0.507. The first-order valence-electron chi connectivity index (χ1n) is 5.97. The summed E-state index contributed by atoms with van der Waals surface area (Å²) >= 11 is 0. The second-order valence-corrected chi connectivity index (χ2v) is 4.81. The van der Waals surface area contributed by atoms with E-state index in [1.807, 2.05) is 0 Å². The van der Waals surface area contributed by atoms with E-state index in [1.54, 1.807) is 19.3 Å². The molecule has 0 N–H and O–H groups in total. The molecule has 0 spiro atoms. The predicted octanol–water partition coefficient (Wildman–Crippen LogP) is 4.15. The van der Waals surface area contributed by atoms with E-state index in [2.05, 4.69) is 0 Å². The fourth-order valence-corrected chi connectivity index (χ4v) is 2.72. The molecular weight excluding hydrogens is 144 g/mol. The van der Waals surface area contributed by atoms with Gasteiger partial charge in [-0.15, -0.1) is 0 Å². The number of fused-ring (bicyclic) bond motifs is 1. The van der Waals surface area contributed by atoms with Crippen molar-refractivity contribution < 1.29 is 0 Å². The highest BCUT2D eigenvalue weighted by Gasteiger charge is 2.40. The summed E-state index contributed by atoms with van der Waals surface area (Å²) in [6.45, 7) is 0. The maximum atomic E-state index is 1.58. The van der Waals surface area contributed by atoms with Crippen LogP contribution in [-0.4, -0.2) is 0 Å². The molecule has 0 aromatic heterocycles. The standard InChI is InChI=1S/C6H10.C6H12/c1-2-5-4-6(5)3-1;1-2-4-6-5-3-1/h5-6H,1-4H2;1-6H2. The van der Waals surface area contributed by atoms with Crippen LogP contribution in [0.5, 0.6) is 0 Å². The Labute approximate surface area is 76.7 Å². The van der Waals surface area contributed by atoms with Crippen molar-refractivity contribution in [1.29, 1.82) is 0 Å². The summed E-state index contributed by atoms with van der Waals surface area (Å²) in [4.78, 5) is 0. The highest BCUT2D eigenvalue weighted by molar-refractivity contribution is 4.91. The van der Waals surface area contributed by atoms with Gasteiger partial charge in [0.2, 0.25) is 0 Å². The molecule has 3 fully saturated rings. The topological polar surface area (TPSA) is 0 Å². The van der Waals surface area contributed by atoms with Crippen LogP contribution in [0.25, 0.3) is 0 Å². The van der Waals surface area contributed by atoms with Crippen molar-refractivity contribution in [3.05, 3.63) is 0 Å². The van der Waals surface area contributed by atoms with Gasteiger partial charge in [-0.2, -0.15) is 0 Å². The van der Waals surface area contributed by atoms with Gasteiger partial charge in [-0.3, -0.25) is 0 Å². The summed E-state index contributed by atoms with van der Waals surface area (Å²) in [5, 5.41) is 0. The molecular formula is C12H22. The molecule has 2 unspecified atom stereocenters. The van der Waals surface area contributed by atoms with Gasteiger partial charge in [0.1, 0.15) is 0 Å². The molecule has 0 aromatic carbocycles. The minimum atomic E-state index is 1.21. The SMILES string of the molecule is C1CC2CC2C1.C1CCCCC1. The van der Waals surface area contributed by atoms with E-state index in [1.165, 1.54) is 56.8 Å². The molecule has 3 aliphatic rings. The maximum absolute atomic E-state index is 1.58. The van der Waals surface area contributed by atoms with Gasteiger partial charge in [0.25, 0.3) is 0 Å². The van der Waals surface area contributed by atoms with Crippen LogP contribution in [0.15, 0.2) is 0 Å². The van der Waals surface area contributed by atoms with E-state index in [9.17, 15) is 0 Å². The van der Waals surface area contributed by atoms with Crippen LogP contribution in [0, 0.1) is 11.8 Å². The lowest BCUT2D eigenvalue weighted by Crippen LogP contribution is -1.85. The van der Waals surface area contributed by atoms with Gasteiger partial charge in [0.15, 0.2) is 0 Å². The first-order chi connectivity index (χ1) is 5.97. The van der Waals surface area contributed by atoms with Crippen LogP contribution in [-0.2, 0) is 0 Å². The highest BCUT2D eigenvalue weighted by atomic mass is 14.5. The van der Waals surface area contributed by atoms with Crippen LogP contribution in [0.1, 0.15) is 64.2 Å². The van der Waals surface area contributed by atoms with Gasteiger partial charge in [-0.1, -0.05) is 57.8 Å². The van der Waals surface area contributed by atoms with E-state index in [4.69, 9.17) is 0 Å². The van der Waals surface area contributed by atoms with Crippen molar-refractivity contribution in [1.82, 2.24) is 0 Å². The predicted molar refractivity (Wildman–Crippen MR) is 53.2 cm³/mol. The Kier molecular flexibility index (Phi) is 3.08. The van der Waals surface area contributed by atoms with Gasteiger partial charge >= 0.3 is 0 Å². The monoisotopic (exact) mass is 166 g/mol. The lowest BCUT2D eigenvalue weighted by molar-refractivity contribution is 0.504. The van der Waals surface area contributed by atoms with E-state index in [0.717, 1.165) is 0 Å². The van der Waals surface area contributed by atoms with E-state index >= 15 is 0 Å². The zero-order valence-electron chi connectivity index (χ0n) is 8.23. The summed E-state index contributed by atoms with van der Waals surface area (Å²) in [5.41, 5.74) is 0. The molecule has 2 atom stereocenters. The molecule has 12 heavy (non-hydrogen) atoms. The average molecular weight is 166 g/mol. The van der Waals surface area contributed by atoms with Gasteiger partial charge < -0.3 is 0 Å². The molecule has 3 saturated carbocycles. The molecule has 0 nitrogen and oxygen atoms in total. The highest BCUT2D eigenvalue weighted by Crippen LogP contribution is 2.51. The molecule has 0 heteroatoms. The Balaban J connectivity index is 0.0000000939. The minimum absolute atomic E-state index is 1.21. The average Bonchev–Trinajstić information content (AvgIpc) is 2.78. The van der Waals surface area contributed by atoms with Crippen molar-refractivity contribution >= 4 is 0 Å². The smallest absolute Gasteiger partial charge is 0.0383 e. The van der Waals surface area contributed by atoms with Gasteiger partial charge in [0, 0.05) is 0 Å². The zero-order chi connectivity index (χ0) is 8.23. The lowest BCUT2D eigenvalue weighted by Gasteiger charge is -2.05. The molecule has 0 radical (unpaired) electrons. The summed E-state index contributed by atoms with van der Waals surface area (Å²) in [7, 11) is 0. The Morgan fingerprint density at radius 1 is 0.500 bits per heavy atom. The lowest BCUT2D eigenvalue weighted by atomic mass is 10.0. The van der Waals surface area contributed by atoms with E-state index in [-0.39, 0.29) is 0 Å². The fraction of sp³-hybridized carbons (Fsp3) is 1.00. The fourth-order valence-electron chi connectivity index (χ4n) is 2.72. The third-order valence-corrected chi connectivity index (χ3v) is 3.72. The number of rotatable bonds is 0. The molecule has 3 aliphatic carbocycles. The third kappa shape index (κ3) is 2.50. The molecule has 0 aromatic rings. The van der Waals surface area contributed by atoms with Crippen LogP contribution >= 0.6 is 0 Å². The summed E-state index contributed by atoms with van der Waals surface area (Å²) in [6.07, 6.45) is 15.2. The van der Waals surface area contributed by atoms with Crippen molar-refractivity contribution in [3.63, 3.8) is 0 Å². The summed E-state index contributed by atoms with van der Waals surface area (Å²) < 4.78 is 0. The van der Waals surface area contributed by atoms with Crippen LogP contribution in [0.4, 0.5) is 0 Å². The van der Waals surface area contributed by atoms with Crippen LogP contribution in [0.2, 0.25) is 0 Å². The summed E-state index contributed by atoms with van der Waals surface area (Å²) in [5.74, 6) is 2.43. The Morgan fingerprint density at radius 2 is 0.917 bits per heavy atom. The largest absolute Gasteiger partial charge is 0.0533 e. The molecule has 0 saturated heterocycles. The van der Waals surface area contributed by atoms with Gasteiger partial charge in [-0.25, -0.2) is 0 Å². The second kappa shape index (κ2) is 4.30. The number of hydrogen-bond acceptors (Lipinski definition) is 0. The molecule has 70 valence electrons. The number of hydrogen-bond donors (Lipinski definition) is 0. The van der Waals surface area contributed by atoms with E-state index in [0.29, 0.717) is 0 Å². The van der Waals surface area contributed by atoms with Crippen molar-refractivity contribution in [2.75, 3.05) is 0 Å². The van der Waals surface area contributed by atoms with Crippen LogP contribution in [0.3, 0.4) is 0 Å². The zero-order valence-corrected chi connectivity index (χ0v) is 8.23. The Hall–Kier alpha value is 0. The summed E-state index contributed by atoms with van der Waals surface area (Å²) in [6, 6.07) is 0. The molecule has 0 heterocycles. The Morgan fingerprint density at radius 3 is 1.08 bits per heavy atom. The molecule has 3 rings (SSSR count). The van der Waals surface area contributed by atoms with Crippen molar-refractivity contribution in [2.45, 2.75) is 64.2 Å². The Bertz CT molecular complexity index is 104. The van der Waals surface area contributed by atoms with Gasteiger partial charge in [0.05, 0.1) is 0 Å². The van der Waals surface area contributed by atoms with Crippen molar-refractivity contribution in [3.8, 4) is 0 Å². The first-order valence-corrected chi connectivity index (χ1v) is 5.97. The first kappa shape index (κ1) is 8.59. The molecule has 0 amide bonds. The van der Waals surface area contributed by atoms with Crippen molar-refractivity contribution in [2.24, 2.45) is 11.8 Å². The maximum Gasteiger partial charge on any atom is -0.0383 e. The normalized spacial score (nSPS) is 38.0. The van der Waals surface area contributed by atoms with Gasteiger partial charge in [-0.05, 0) is 18.3 Å². The minimum Gasteiger partial charge on any atom is -0.0533 e. The molecule has 0 bridgehead atoms. The molecule has 0 aliphatic heterocycles. The van der Waals surface area contributed by atoms with Crippen LogP contribution < -0.4 is 0 Å².